The molecule has 4 rings (SSSR count). The highest BCUT2D eigenvalue weighted by atomic mass is 35.5. The number of nitrogens with zero attached hydrogens (tertiary/aromatic N) is 2. The van der Waals surface area contributed by atoms with E-state index < -0.39 is 17.7 Å². The molecular weight excluding hydrogens is 516 g/mol. The van der Waals surface area contributed by atoms with Crippen LogP contribution >= 0.6 is 11.6 Å². The molecule has 7 nitrogen and oxygen atoms in total. The van der Waals surface area contributed by atoms with Gasteiger partial charge < -0.3 is 19.5 Å². The summed E-state index contributed by atoms with van der Waals surface area (Å²) in [6.07, 6.45) is 0. The van der Waals surface area contributed by atoms with Gasteiger partial charge in [-0.2, -0.15) is 0 Å². The van der Waals surface area contributed by atoms with Crippen molar-refractivity contribution in [2.45, 2.75) is 32.2 Å². The van der Waals surface area contributed by atoms with Crippen molar-refractivity contribution >= 4 is 40.4 Å². The van der Waals surface area contributed by atoms with Gasteiger partial charge in [-0.3, -0.25) is 14.5 Å². The van der Waals surface area contributed by atoms with Crippen molar-refractivity contribution in [1.82, 2.24) is 0 Å². The third-order valence-corrected chi connectivity index (χ3v) is 7.16. The van der Waals surface area contributed by atoms with Crippen molar-refractivity contribution in [3.63, 3.8) is 0 Å². The first-order valence-corrected chi connectivity index (χ1v) is 12.9. The van der Waals surface area contributed by atoms with Gasteiger partial charge in [0.15, 0.2) is 0 Å². The minimum atomic E-state index is -0.883. The SMILES string of the molecule is COc1ccc(N2C(=O)C(=O)/C(=C(\O)c3ccc(OC)c(C(C)(C)C)c3)C2c2ccc(N(C)C)cc2)cc1Cl. The Kier molecular flexibility index (Phi) is 7.66. The van der Waals surface area contributed by atoms with Gasteiger partial charge in [-0.05, 0) is 59.5 Å². The van der Waals surface area contributed by atoms with E-state index in [0.29, 0.717) is 33.3 Å². The predicted molar refractivity (Wildman–Crippen MR) is 155 cm³/mol. The van der Waals surface area contributed by atoms with Crippen LogP contribution in [-0.2, 0) is 15.0 Å². The Morgan fingerprint density at radius 2 is 1.54 bits per heavy atom. The molecule has 1 atom stereocenters. The second kappa shape index (κ2) is 10.7. The topological polar surface area (TPSA) is 79.3 Å². The Morgan fingerprint density at radius 1 is 0.923 bits per heavy atom. The van der Waals surface area contributed by atoms with Crippen LogP contribution in [0.2, 0.25) is 5.02 Å². The predicted octanol–water partition coefficient (Wildman–Crippen LogP) is 6.35. The minimum absolute atomic E-state index is 0.00503. The van der Waals surface area contributed by atoms with E-state index in [4.69, 9.17) is 21.1 Å². The van der Waals surface area contributed by atoms with Gasteiger partial charge in [0.2, 0.25) is 0 Å². The Balaban J connectivity index is 1.96. The maximum absolute atomic E-state index is 13.6. The number of Topliss-reactive ketones (excluding diaryl/α,β-unsaturated/α-hetero) is 1. The maximum Gasteiger partial charge on any atom is 0.300 e. The van der Waals surface area contributed by atoms with E-state index >= 15 is 0 Å². The number of ketones is 1. The van der Waals surface area contributed by atoms with Crippen molar-refractivity contribution in [2.24, 2.45) is 0 Å². The molecule has 0 aromatic heterocycles. The molecule has 0 radical (unpaired) electrons. The van der Waals surface area contributed by atoms with Crippen molar-refractivity contribution in [3.05, 3.63) is 87.9 Å². The molecule has 1 heterocycles. The average Bonchev–Trinajstić information content (AvgIpc) is 3.17. The first kappa shape index (κ1) is 28.0. The van der Waals surface area contributed by atoms with Crippen molar-refractivity contribution in [2.75, 3.05) is 38.1 Å². The lowest BCUT2D eigenvalue weighted by Gasteiger charge is -2.27. The molecule has 0 saturated carbocycles. The normalized spacial score (nSPS) is 16.9. The van der Waals surface area contributed by atoms with E-state index in [9.17, 15) is 14.7 Å². The Hall–Kier alpha value is -3.97. The van der Waals surface area contributed by atoms with Crippen LogP contribution < -0.4 is 19.3 Å². The first-order chi connectivity index (χ1) is 18.4. The molecule has 3 aromatic rings. The quantitative estimate of drug-likeness (QED) is 0.220. The number of hydrogen-bond donors (Lipinski definition) is 1. The van der Waals surface area contributed by atoms with Crippen LogP contribution in [0.25, 0.3) is 5.76 Å². The fourth-order valence-corrected chi connectivity index (χ4v) is 5.02. The molecule has 1 unspecified atom stereocenters. The molecule has 1 aliphatic rings. The van der Waals surface area contributed by atoms with Crippen LogP contribution in [0.5, 0.6) is 11.5 Å². The van der Waals surface area contributed by atoms with E-state index in [1.807, 2.05) is 64.0 Å². The molecule has 1 saturated heterocycles. The summed E-state index contributed by atoms with van der Waals surface area (Å²) in [5, 5.41) is 11.9. The number of carbonyl (C=O) groups is 2. The van der Waals surface area contributed by atoms with Crippen molar-refractivity contribution in [3.8, 4) is 11.5 Å². The second-order valence-electron chi connectivity index (χ2n) is 10.6. The monoisotopic (exact) mass is 548 g/mol. The highest BCUT2D eigenvalue weighted by Gasteiger charge is 2.47. The molecule has 1 amide bonds. The third kappa shape index (κ3) is 5.19. The van der Waals surface area contributed by atoms with Crippen LogP contribution in [0.15, 0.2) is 66.2 Å². The number of aliphatic hydroxyl groups is 1. The average molecular weight is 549 g/mol. The highest BCUT2D eigenvalue weighted by Crippen LogP contribution is 2.44. The number of methoxy groups -OCH3 is 2. The van der Waals surface area contributed by atoms with Crippen LogP contribution in [0, 0.1) is 0 Å². The summed E-state index contributed by atoms with van der Waals surface area (Å²) < 4.78 is 10.8. The number of aliphatic hydroxyl groups excluding tert-OH is 1. The summed E-state index contributed by atoms with van der Waals surface area (Å²) in [4.78, 5) is 30.4. The van der Waals surface area contributed by atoms with E-state index in [2.05, 4.69) is 0 Å². The zero-order chi connectivity index (χ0) is 28.6. The number of halogens is 1. The summed E-state index contributed by atoms with van der Waals surface area (Å²) in [5.41, 5.74) is 3.00. The van der Waals surface area contributed by atoms with Crippen LogP contribution in [0.3, 0.4) is 0 Å². The van der Waals surface area contributed by atoms with E-state index in [1.54, 1.807) is 43.5 Å². The van der Waals surface area contributed by atoms with Gasteiger partial charge >= 0.3 is 0 Å². The lowest BCUT2D eigenvalue weighted by molar-refractivity contribution is -0.132. The van der Waals surface area contributed by atoms with Gasteiger partial charge in [-0.15, -0.1) is 0 Å². The summed E-state index contributed by atoms with van der Waals surface area (Å²) in [7, 11) is 6.95. The Labute approximate surface area is 234 Å². The van der Waals surface area contributed by atoms with Gasteiger partial charge in [-0.25, -0.2) is 0 Å². The second-order valence-corrected chi connectivity index (χ2v) is 11.0. The summed E-state index contributed by atoms with van der Waals surface area (Å²) in [6.45, 7) is 6.11. The first-order valence-electron chi connectivity index (χ1n) is 12.5. The maximum atomic E-state index is 13.6. The summed E-state index contributed by atoms with van der Waals surface area (Å²) in [5.74, 6) is -0.691. The fraction of sp³-hybridized carbons (Fsp3) is 0.290. The van der Waals surface area contributed by atoms with Crippen LogP contribution in [0.1, 0.15) is 43.5 Å². The third-order valence-electron chi connectivity index (χ3n) is 6.86. The Morgan fingerprint density at radius 3 is 2.08 bits per heavy atom. The van der Waals surface area contributed by atoms with Gasteiger partial charge in [0.05, 0.1) is 30.9 Å². The molecule has 0 bridgehead atoms. The fourth-order valence-electron chi connectivity index (χ4n) is 4.77. The van der Waals surface area contributed by atoms with Crippen molar-refractivity contribution in [1.29, 1.82) is 0 Å². The van der Waals surface area contributed by atoms with Gasteiger partial charge in [0, 0.05) is 36.6 Å². The van der Waals surface area contributed by atoms with Crippen molar-refractivity contribution < 1.29 is 24.2 Å². The molecule has 204 valence electrons. The zero-order valence-corrected chi connectivity index (χ0v) is 24.0. The molecule has 1 N–H and O–H groups in total. The highest BCUT2D eigenvalue weighted by molar-refractivity contribution is 6.51. The molecule has 39 heavy (non-hydrogen) atoms. The molecule has 1 aliphatic heterocycles. The van der Waals surface area contributed by atoms with E-state index in [0.717, 1.165) is 11.3 Å². The van der Waals surface area contributed by atoms with Gasteiger partial charge in [0.1, 0.15) is 17.3 Å². The summed E-state index contributed by atoms with van der Waals surface area (Å²) in [6, 6.07) is 16.8. The number of carbonyl (C=O) groups excluding carboxylic acids is 2. The van der Waals surface area contributed by atoms with Crippen LogP contribution in [0.4, 0.5) is 11.4 Å². The zero-order valence-electron chi connectivity index (χ0n) is 23.2. The molecule has 1 fully saturated rings. The number of benzene rings is 3. The lowest BCUT2D eigenvalue weighted by Crippen LogP contribution is -2.29. The number of ether oxygens (including phenoxy) is 2. The number of hydrogen-bond acceptors (Lipinski definition) is 6. The van der Waals surface area contributed by atoms with Gasteiger partial charge in [0.25, 0.3) is 11.7 Å². The molecule has 0 aliphatic carbocycles. The van der Waals surface area contributed by atoms with Gasteiger partial charge in [-0.1, -0.05) is 44.5 Å². The standard InChI is InChI=1S/C31H33ClN2O5/c1-31(2,3)22-16-19(10-14-24(22)38-6)28(35)26-27(18-8-11-20(12-9-18)33(4)5)34(30(37)29(26)36)21-13-15-25(39-7)23(32)17-21/h8-17,27,35H,1-7H3/b28-26-. The molecule has 0 spiro atoms. The summed E-state index contributed by atoms with van der Waals surface area (Å²) >= 11 is 6.40. The minimum Gasteiger partial charge on any atom is -0.507 e. The number of amides is 1. The van der Waals surface area contributed by atoms with E-state index in [1.165, 1.54) is 12.0 Å². The molecule has 8 heteroatoms. The molecular formula is C31H33ClN2O5. The lowest BCUT2D eigenvalue weighted by atomic mass is 9.84. The molecule has 3 aromatic carbocycles. The Bertz CT molecular complexity index is 1450. The largest absolute Gasteiger partial charge is 0.507 e. The van der Waals surface area contributed by atoms with Crippen LogP contribution in [-0.4, -0.2) is 45.1 Å². The number of anilines is 2. The number of rotatable bonds is 6. The smallest absolute Gasteiger partial charge is 0.300 e. The van der Waals surface area contributed by atoms with E-state index in [-0.39, 0.29) is 16.7 Å².